The van der Waals surface area contributed by atoms with Gasteiger partial charge < -0.3 is 30.3 Å². The molecule has 2 aromatic heterocycles. The van der Waals surface area contributed by atoms with Crippen molar-refractivity contribution >= 4 is 63.5 Å². The number of nitrogens with zero attached hydrogens (tertiary/aromatic N) is 6. The highest BCUT2D eigenvalue weighted by Crippen LogP contribution is 2.22. The van der Waals surface area contributed by atoms with Gasteiger partial charge in [-0.2, -0.15) is 24.9 Å². The molecule has 46 heavy (non-hydrogen) atoms. The van der Waals surface area contributed by atoms with E-state index >= 15 is 0 Å². The molecule has 0 bridgehead atoms. The lowest BCUT2D eigenvalue weighted by molar-refractivity contribution is -0.105. The number of urea groups is 1. The lowest BCUT2D eigenvalue weighted by atomic mass is 10.1. The number of carbonyl (C=O) groups is 3. The van der Waals surface area contributed by atoms with Gasteiger partial charge in [-0.1, -0.05) is 0 Å². The Labute approximate surface area is 271 Å². The number of halogens is 1. The maximum atomic E-state index is 12.8. The largest absolute Gasteiger partial charge is 0.481 e. The predicted octanol–water partition coefficient (Wildman–Crippen LogP) is 2.44. The van der Waals surface area contributed by atoms with Crippen molar-refractivity contribution in [3.05, 3.63) is 35.1 Å². The summed E-state index contributed by atoms with van der Waals surface area (Å²) in [7, 11) is 0.991. The maximum Gasteiger partial charge on any atom is 0.335 e. The van der Waals surface area contributed by atoms with E-state index in [1.54, 1.807) is 4.72 Å². The first kappa shape index (κ1) is 37.1. The number of benzene rings is 1. The molecule has 0 saturated carbocycles. The fourth-order valence-electron chi connectivity index (χ4n) is 3.27. The van der Waals surface area contributed by atoms with Crippen molar-refractivity contribution in [2.75, 3.05) is 56.1 Å². The molecule has 5 N–H and O–H groups in total. The summed E-state index contributed by atoms with van der Waals surface area (Å²) >= 11 is 5.77. The molecule has 0 aliphatic rings. The number of sulfonamides is 1. The third kappa shape index (κ3) is 11.5. The van der Waals surface area contributed by atoms with Crippen LogP contribution >= 0.6 is 11.6 Å². The molecule has 250 valence electrons. The molecule has 0 fully saturated rings. The first-order valence-electron chi connectivity index (χ1n) is 13.3. The molecular formula is C26H36ClN11O7S. The Kier molecular flexibility index (Phi) is 13.2. The first-order valence-corrected chi connectivity index (χ1v) is 15.2. The van der Waals surface area contributed by atoms with E-state index in [0.29, 0.717) is 18.3 Å². The summed E-state index contributed by atoms with van der Waals surface area (Å²) < 4.78 is 37.3. The second-order valence-electron chi connectivity index (χ2n) is 10.2. The Balaban J connectivity index is 0.000000410. The number of aromatic nitrogens is 5. The number of anilines is 4. The molecule has 3 aromatic rings. The molecule has 0 unspecified atom stereocenters. The summed E-state index contributed by atoms with van der Waals surface area (Å²) in [6, 6.07) is 3.76. The molecule has 20 heteroatoms. The topological polar surface area (TPSA) is 232 Å². The van der Waals surface area contributed by atoms with Gasteiger partial charge in [-0.05, 0) is 57.5 Å². The summed E-state index contributed by atoms with van der Waals surface area (Å²) in [6.07, 6.45) is 0.340. The Morgan fingerprint density at radius 3 is 2.09 bits per heavy atom. The van der Waals surface area contributed by atoms with E-state index in [1.165, 1.54) is 46.5 Å². The van der Waals surface area contributed by atoms with Crippen molar-refractivity contribution < 1.29 is 32.3 Å². The highest BCUT2D eigenvalue weighted by Gasteiger charge is 2.26. The van der Waals surface area contributed by atoms with Gasteiger partial charge in [0.15, 0.2) is 0 Å². The number of methoxy groups -OCH3 is 2. The normalized spacial score (nSPS) is 10.8. The van der Waals surface area contributed by atoms with Crippen molar-refractivity contribution in [2.24, 2.45) is 0 Å². The molecule has 0 spiro atoms. The zero-order valence-electron chi connectivity index (χ0n) is 26.4. The summed E-state index contributed by atoms with van der Waals surface area (Å²) in [5.74, 6) is 0.194. The predicted molar refractivity (Wildman–Crippen MR) is 171 cm³/mol. The van der Waals surface area contributed by atoms with Gasteiger partial charge in [-0.15, -0.1) is 0 Å². The number of amides is 4. The van der Waals surface area contributed by atoms with E-state index in [4.69, 9.17) is 21.1 Å². The average Bonchev–Trinajstić information content (AvgIpc) is 2.95. The second-order valence-corrected chi connectivity index (χ2v) is 12.2. The fourth-order valence-corrected chi connectivity index (χ4v) is 4.56. The summed E-state index contributed by atoms with van der Waals surface area (Å²) in [6.45, 7) is 8.79. The van der Waals surface area contributed by atoms with Gasteiger partial charge in [-0.25, -0.2) is 17.9 Å². The van der Waals surface area contributed by atoms with Crippen LogP contribution in [-0.4, -0.2) is 97.0 Å². The van der Waals surface area contributed by atoms with Gasteiger partial charge in [0.2, 0.25) is 41.3 Å². The molecule has 4 amide bonds. The smallest absolute Gasteiger partial charge is 0.335 e. The van der Waals surface area contributed by atoms with Crippen LogP contribution in [0.3, 0.4) is 0 Å². The van der Waals surface area contributed by atoms with Crippen molar-refractivity contribution in [1.82, 2.24) is 34.5 Å². The molecule has 0 atom stereocenters. The minimum Gasteiger partial charge on any atom is -0.481 e. The number of carbonyl (C=O) groups excluding carboxylic acids is 3. The van der Waals surface area contributed by atoms with Crippen LogP contribution in [0.15, 0.2) is 29.2 Å². The Hall–Kier alpha value is -5.04. The fraction of sp³-hybridized carbons (Fsp3) is 0.385. The lowest BCUT2D eigenvalue weighted by Gasteiger charge is -2.20. The first-order chi connectivity index (χ1) is 21.5. The van der Waals surface area contributed by atoms with Gasteiger partial charge in [0.1, 0.15) is 4.90 Å². The summed E-state index contributed by atoms with van der Waals surface area (Å²) in [5.41, 5.74) is -0.207. The summed E-state index contributed by atoms with van der Waals surface area (Å²) in [5, 5.41) is 10.7. The van der Waals surface area contributed by atoms with Crippen LogP contribution in [0.5, 0.6) is 11.8 Å². The Bertz CT molecular complexity index is 1630. The van der Waals surface area contributed by atoms with Gasteiger partial charge in [0.25, 0.3) is 15.9 Å². The van der Waals surface area contributed by atoms with E-state index in [2.05, 4.69) is 46.2 Å². The molecule has 3 rings (SSSR count). The van der Waals surface area contributed by atoms with E-state index < -0.39 is 26.9 Å². The van der Waals surface area contributed by atoms with Gasteiger partial charge in [0, 0.05) is 31.9 Å². The molecule has 18 nitrogen and oxygen atoms in total. The number of rotatable bonds is 11. The highest BCUT2D eigenvalue weighted by molar-refractivity contribution is 7.90. The van der Waals surface area contributed by atoms with E-state index in [1.807, 2.05) is 27.7 Å². The molecule has 0 saturated heterocycles. The van der Waals surface area contributed by atoms with Crippen LogP contribution in [0.2, 0.25) is 5.28 Å². The number of hydrogen-bond donors (Lipinski definition) is 5. The third-order valence-electron chi connectivity index (χ3n) is 5.11. The molecular weight excluding hydrogens is 646 g/mol. The summed E-state index contributed by atoms with van der Waals surface area (Å²) in [4.78, 5) is 55.9. The van der Waals surface area contributed by atoms with E-state index in [-0.39, 0.29) is 39.8 Å². The second kappa shape index (κ2) is 16.3. The highest BCUT2D eigenvalue weighted by atomic mass is 35.5. The van der Waals surface area contributed by atoms with Crippen molar-refractivity contribution in [3.63, 3.8) is 0 Å². The Morgan fingerprint density at radius 2 is 1.57 bits per heavy atom. The number of hydrogen-bond acceptors (Lipinski definition) is 14. The maximum absolute atomic E-state index is 12.8. The zero-order chi connectivity index (χ0) is 34.7. The van der Waals surface area contributed by atoms with E-state index in [9.17, 15) is 22.8 Å². The minimum atomic E-state index is -4.54. The average molecular weight is 682 g/mol. The lowest BCUT2D eigenvalue weighted by Crippen LogP contribution is -2.36. The van der Waals surface area contributed by atoms with Crippen LogP contribution in [0, 0.1) is 0 Å². The van der Waals surface area contributed by atoms with E-state index in [0.717, 1.165) is 17.5 Å². The standard InChI is InChI=1S/C17H20N6O7S.C9H16ClN5/c1-23(2)15(25)11-6-5-10(18-9-24)7-12(11)31(27,28)22-17(26)21-16-19-13(29-3)8-14(20-16)30-4;1-5-11-7-12-6(10)13-8(14-7)15-9(2,3)4/h5-9H,1-4H3,(H,18,24)(H2,19,20,21,22,26);5H2,1-4H3,(H2,11,12,13,14,15). The minimum absolute atomic E-state index is 0.0662. The van der Waals surface area contributed by atoms with Gasteiger partial charge >= 0.3 is 6.03 Å². The zero-order valence-corrected chi connectivity index (χ0v) is 28.0. The van der Waals surface area contributed by atoms with Crippen molar-refractivity contribution in [1.29, 1.82) is 0 Å². The number of ether oxygens (including phenoxy) is 2. The SMILES string of the molecule is CCNc1nc(Cl)nc(NC(C)(C)C)n1.COc1cc(OC)nc(NC(=O)NS(=O)(=O)c2cc(NC=O)ccc2C(=O)N(C)C)n1. The molecule has 0 aliphatic heterocycles. The molecule has 0 aliphatic carbocycles. The van der Waals surface area contributed by atoms with Crippen molar-refractivity contribution in [2.45, 2.75) is 38.1 Å². The van der Waals surface area contributed by atoms with Crippen LogP contribution in [0.4, 0.5) is 28.3 Å². The molecule has 2 heterocycles. The third-order valence-corrected chi connectivity index (χ3v) is 6.65. The van der Waals surface area contributed by atoms with Crippen LogP contribution in [0.1, 0.15) is 38.1 Å². The van der Waals surface area contributed by atoms with Crippen LogP contribution in [-0.2, 0) is 14.8 Å². The molecule has 0 radical (unpaired) electrons. The van der Waals surface area contributed by atoms with Gasteiger partial charge in [0.05, 0.1) is 25.8 Å². The van der Waals surface area contributed by atoms with Crippen molar-refractivity contribution in [3.8, 4) is 11.8 Å². The Morgan fingerprint density at radius 1 is 0.957 bits per heavy atom. The van der Waals surface area contributed by atoms with Crippen LogP contribution in [0.25, 0.3) is 0 Å². The molecule has 1 aromatic carbocycles. The van der Waals surface area contributed by atoms with Gasteiger partial charge in [-0.3, -0.25) is 14.9 Å². The monoisotopic (exact) mass is 681 g/mol. The van der Waals surface area contributed by atoms with Crippen LogP contribution < -0.4 is 35.5 Å². The number of nitrogens with one attached hydrogen (secondary N) is 5. The quantitative estimate of drug-likeness (QED) is 0.183.